The molecular weight excluding hydrogens is 452 g/mol. The van der Waals surface area contributed by atoms with Gasteiger partial charge in [-0.15, -0.1) is 0 Å². The van der Waals surface area contributed by atoms with E-state index in [1.165, 1.54) is 5.56 Å². The molecule has 2 aromatic carbocycles. The maximum absolute atomic E-state index is 13.0. The molecule has 0 spiro atoms. The van der Waals surface area contributed by atoms with Gasteiger partial charge < -0.3 is 19.5 Å². The smallest absolute Gasteiger partial charge is 0.407 e. The monoisotopic (exact) mass is 492 g/mol. The molecule has 1 N–H and O–H groups in total. The summed E-state index contributed by atoms with van der Waals surface area (Å²) in [6.45, 7) is 14.4. The van der Waals surface area contributed by atoms with Gasteiger partial charge in [0.2, 0.25) is 0 Å². The number of benzene rings is 2. The molecule has 1 unspecified atom stereocenters. The number of nitrogens with one attached hydrogen (secondary N) is 1. The van der Waals surface area contributed by atoms with Crippen molar-refractivity contribution < 1.29 is 19.0 Å². The average Bonchev–Trinajstić information content (AvgIpc) is 3.09. The summed E-state index contributed by atoms with van der Waals surface area (Å²) in [4.78, 5) is 15.5. The first kappa shape index (κ1) is 24.9. The maximum Gasteiger partial charge on any atom is 0.407 e. The Morgan fingerprint density at radius 3 is 2.39 bits per heavy atom. The zero-order chi connectivity index (χ0) is 25.6. The van der Waals surface area contributed by atoms with Gasteiger partial charge in [-0.25, -0.2) is 4.79 Å². The average molecular weight is 493 g/mol. The molecule has 3 aliphatic heterocycles. The van der Waals surface area contributed by atoms with Crippen molar-refractivity contribution in [2.45, 2.75) is 66.0 Å². The molecule has 3 heterocycles. The van der Waals surface area contributed by atoms with E-state index in [0.717, 1.165) is 78.2 Å². The van der Waals surface area contributed by atoms with Gasteiger partial charge in [-0.05, 0) is 117 Å². The third kappa shape index (κ3) is 4.56. The van der Waals surface area contributed by atoms with Crippen LogP contribution in [0.1, 0.15) is 61.9 Å². The molecule has 0 radical (unpaired) electrons. The van der Waals surface area contributed by atoms with Gasteiger partial charge in [-0.2, -0.15) is 0 Å². The van der Waals surface area contributed by atoms with Crippen molar-refractivity contribution in [3.8, 4) is 22.6 Å². The van der Waals surface area contributed by atoms with Crippen molar-refractivity contribution in [3.05, 3.63) is 46.5 Å². The van der Waals surface area contributed by atoms with Gasteiger partial charge in [0.15, 0.2) is 0 Å². The van der Waals surface area contributed by atoms with E-state index in [2.05, 4.69) is 62.2 Å². The molecule has 0 aromatic heterocycles. The van der Waals surface area contributed by atoms with Gasteiger partial charge in [0.1, 0.15) is 17.6 Å². The molecule has 1 aliphatic carbocycles. The summed E-state index contributed by atoms with van der Waals surface area (Å²) in [7, 11) is 1.71. The zero-order valence-electron chi connectivity index (χ0n) is 22.6. The fourth-order valence-electron chi connectivity index (χ4n) is 6.56. The third-order valence-corrected chi connectivity index (χ3v) is 8.38. The minimum Gasteiger partial charge on any atom is -0.496 e. The van der Waals surface area contributed by atoms with Gasteiger partial charge in [0, 0.05) is 12.1 Å². The third-order valence-electron chi connectivity index (χ3n) is 8.38. The summed E-state index contributed by atoms with van der Waals surface area (Å²) in [5.41, 5.74) is 6.64. The SMILES string of the molecule is CCOc1c(C)cc(-c2cc3c(cc2OC)C(NC(=O)O[C@@H]2CN4CCC2CC4)C(C)(C)C3)cc1C. The van der Waals surface area contributed by atoms with Crippen LogP contribution in [0.3, 0.4) is 0 Å². The summed E-state index contributed by atoms with van der Waals surface area (Å²) < 4.78 is 17.7. The van der Waals surface area contributed by atoms with Crippen molar-refractivity contribution in [2.24, 2.45) is 11.3 Å². The topological polar surface area (TPSA) is 60.0 Å². The number of ether oxygens (including phenoxy) is 3. The molecule has 194 valence electrons. The van der Waals surface area contributed by atoms with E-state index in [9.17, 15) is 4.79 Å². The minimum atomic E-state index is -0.305. The van der Waals surface area contributed by atoms with Crippen molar-refractivity contribution in [1.82, 2.24) is 10.2 Å². The van der Waals surface area contributed by atoms with Crippen LogP contribution in [-0.4, -0.2) is 50.4 Å². The van der Waals surface area contributed by atoms with Crippen LogP contribution in [0.5, 0.6) is 11.5 Å². The molecule has 3 saturated heterocycles. The number of methoxy groups -OCH3 is 1. The number of hydrogen-bond acceptors (Lipinski definition) is 5. The van der Waals surface area contributed by atoms with Gasteiger partial charge in [-0.1, -0.05) is 13.8 Å². The van der Waals surface area contributed by atoms with Crippen LogP contribution in [0.25, 0.3) is 11.1 Å². The largest absolute Gasteiger partial charge is 0.496 e. The standard InChI is InChI=1S/C30H40N2O4/c1-7-35-27-18(2)12-21(13-19(27)3)23-14-22-16-30(4,5)28(24(22)15-25(23)34-6)31-29(33)36-26-17-32-10-8-20(26)9-11-32/h12-15,20,26,28H,7-11,16-17H2,1-6H3,(H,31,33)/t26-,28?/m1/s1. The Kier molecular flexibility index (Phi) is 6.67. The second kappa shape index (κ2) is 9.62. The number of piperidine rings is 3. The van der Waals surface area contributed by atoms with E-state index < -0.39 is 0 Å². The highest BCUT2D eigenvalue weighted by Gasteiger charge is 2.42. The summed E-state index contributed by atoms with van der Waals surface area (Å²) >= 11 is 0. The summed E-state index contributed by atoms with van der Waals surface area (Å²) in [6, 6.07) is 8.56. The Morgan fingerprint density at radius 1 is 1.11 bits per heavy atom. The highest BCUT2D eigenvalue weighted by Crippen LogP contribution is 2.49. The minimum absolute atomic E-state index is 0.000429. The van der Waals surface area contributed by atoms with E-state index in [1.807, 2.05) is 6.92 Å². The van der Waals surface area contributed by atoms with Crippen molar-refractivity contribution in [3.63, 3.8) is 0 Å². The van der Waals surface area contributed by atoms with Gasteiger partial charge in [0.05, 0.1) is 19.8 Å². The molecule has 0 saturated carbocycles. The maximum atomic E-state index is 13.0. The number of hydrogen-bond donors (Lipinski definition) is 1. The number of carbonyl (C=O) groups is 1. The fourth-order valence-corrected chi connectivity index (χ4v) is 6.56. The first-order valence-electron chi connectivity index (χ1n) is 13.3. The molecule has 2 aromatic rings. The summed E-state index contributed by atoms with van der Waals surface area (Å²) in [5.74, 6) is 2.26. The lowest BCUT2D eigenvalue weighted by molar-refractivity contribution is -0.0349. The number of nitrogens with zero attached hydrogens (tertiary/aromatic N) is 1. The molecule has 3 fully saturated rings. The molecule has 1 amide bonds. The Labute approximate surface area is 215 Å². The molecule has 4 aliphatic rings. The van der Waals surface area contributed by atoms with Crippen molar-refractivity contribution in [2.75, 3.05) is 33.4 Å². The van der Waals surface area contributed by atoms with Crippen LogP contribution in [-0.2, 0) is 11.2 Å². The highest BCUT2D eigenvalue weighted by atomic mass is 16.6. The number of rotatable bonds is 6. The Morgan fingerprint density at radius 2 is 1.81 bits per heavy atom. The Bertz CT molecular complexity index is 1130. The Hall–Kier alpha value is -2.73. The molecule has 36 heavy (non-hydrogen) atoms. The molecule has 2 bridgehead atoms. The summed E-state index contributed by atoms with van der Waals surface area (Å²) in [5, 5.41) is 3.23. The molecule has 6 heteroatoms. The summed E-state index contributed by atoms with van der Waals surface area (Å²) in [6.07, 6.45) is 2.82. The van der Waals surface area contributed by atoms with E-state index in [0.29, 0.717) is 12.5 Å². The van der Waals surface area contributed by atoms with E-state index >= 15 is 0 Å². The quantitative estimate of drug-likeness (QED) is 0.551. The molecule has 6 rings (SSSR count). The number of alkyl carbamates (subject to hydrolysis) is 1. The van der Waals surface area contributed by atoms with Crippen LogP contribution in [0.2, 0.25) is 0 Å². The second-order valence-corrected chi connectivity index (χ2v) is 11.4. The van der Waals surface area contributed by atoms with Crippen molar-refractivity contribution in [1.29, 1.82) is 0 Å². The zero-order valence-corrected chi connectivity index (χ0v) is 22.6. The second-order valence-electron chi connectivity index (χ2n) is 11.4. The Balaban J connectivity index is 1.41. The van der Waals surface area contributed by atoms with Gasteiger partial charge in [0.25, 0.3) is 0 Å². The van der Waals surface area contributed by atoms with E-state index in [1.54, 1.807) is 7.11 Å². The van der Waals surface area contributed by atoms with Crippen LogP contribution in [0.4, 0.5) is 4.79 Å². The highest BCUT2D eigenvalue weighted by molar-refractivity contribution is 5.76. The predicted octanol–water partition coefficient (Wildman–Crippen LogP) is 5.82. The van der Waals surface area contributed by atoms with Gasteiger partial charge >= 0.3 is 6.09 Å². The number of aryl methyl sites for hydroxylation is 2. The lowest BCUT2D eigenvalue weighted by Gasteiger charge is -2.44. The molecule has 2 atom stereocenters. The lowest BCUT2D eigenvalue weighted by Crippen LogP contribution is -2.53. The first-order valence-corrected chi connectivity index (χ1v) is 13.3. The van der Waals surface area contributed by atoms with E-state index in [-0.39, 0.29) is 23.7 Å². The van der Waals surface area contributed by atoms with E-state index in [4.69, 9.17) is 14.2 Å². The number of carbonyl (C=O) groups excluding carboxylic acids is 1. The fraction of sp³-hybridized carbons (Fsp3) is 0.567. The number of amides is 1. The van der Waals surface area contributed by atoms with Crippen molar-refractivity contribution >= 4 is 6.09 Å². The lowest BCUT2D eigenvalue weighted by atomic mass is 9.85. The molecular formula is C30H40N2O4. The number of fused-ring (bicyclic) bond motifs is 4. The predicted molar refractivity (Wildman–Crippen MR) is 142 cm³/mol. The van der Waals surface area contributed by atoms with Crippen LogP contribution >= 0.6 is 0 Å². The normalized spacial score (nSPS) is 25.8. The van der Waals surface area contributed by atoms with Gasteiger partial charge in [-0.3, -0.25) is 4.90 Å². The first-order chi connectivity index (χ1) is 17.2. The van der Waals surface area contributed by atoms with Crippen LogP contribution < -0.4 is 14.8 Å². The van der Waals surface area contributed by atoms with Crippen LogP contribution in [0, 0.1) is 25.2 Å². The molecule has 6 nitrogen and oxygen atoms in total. The van der Waals surface area contributed by atoms with Crippen LogP contribution in [0.15, 0.2) is 24.3 Å².